The number of fused-ring (bicyclic) bond motifs is 2. The minimum absolute atomic E-state index is 0.197. The van der Waals surface area contributed by atoms with Gasteiger partial charge in [0.05, 0.1) is 23.7 Å². The summed E-state index contributed by atoms with van der Waals surface area (Å²) in [4.78, 5) is 28.9. The summed E-state index contributed by atoms with van der Waals surface area (Å²) in [5, 5.41) is 6.30. The Labute approximate surface area is 162 Å². The zero-order chi connectivity index (χ0) is 19.1. The smallest absolute Gasteiger partial charge is 0.262 e. The van der Waals surface area contributed by atoms with Crippen molar-refractivity contribution in [1.82, 2.24) is 29.7 Å². The summed E-state index contributed by atoms with van der Waals surface area (Å²) in [6.07, 6.45) is 3.12. The summed E-state index contributed by atoms with van der Waals surface area (Å²) in [5.41, 5.74) is 1.19. The van der Waals surface area contributed by atoms with Crippen molar-refractivity contribution in [1.29, 1.82) is 0 Å². The van der Waals surface area contributed by atoms with Crippen molar-refractivity contribution < 1.29 is 4.42 Å². The van der Waals surface area contributed by atoms with Gasteiger partial charge in [-0.25, -0.2) is 15.0 Å². The maximum Gasteiger partial charge on any atom is 0.262 e. The van der Waals surface area contributed by atoms with E-state index in [1.807, 2.05) is 30.3 Å². The van der Waals surface area contributed by atoms with Gasteiger partial charge in [0.2, 0.25) is 0 Å². The van der Waals surface area contributed by atoms with Crippen molar-refractivity contribution >= 4 is 33.7 Å². The maximum atomic E-state index is 12.2. The molecule has 0 aliphatic rings. The fourth-order valence-electron chi connectivity index (χ4n) is 2.96. The fourth-order valence-corrected chi connectivity index (χ4v) is 3.85. The van der Waals surface area contributed by atoms with E-state index in [2.05, 4.69) is 25.0 Å². The molecule has 28 heavy (non-hydrogen) atoms. The first-order chi connectivity index (χ1) is 13.7. The highest BCUT2D eigenvalue weighted by Crippen LogP contribution is 2.30. The Morgan fingerprint density at radius 3 is 2.86 bits per heavy atom. The molecule has 0 radical (unpaired) electrons. The largest absolute Gasteiger partial charge is 0.461 e. The molecule has 0 saturated heterocycles. The number of benzene rings is 1. The molecular formula is C19H14N6O2S. The Morgan fingerprint density at radius 1 is 1.11 bits per heavy atom. The second kappa shape index (κ2) is 6.61. The number of thioether (sulfide) groups is 1. The van der Waals surface area contributed by atoms with Crippen LogP contribution in [-0.2, 0) is 12.8 Å². The number of hydrogen-bond donors (Lipinski definition) is 1. The monoisotopic (exact) mass is 390 g/mol. The molecule has 8 nitrogen and oxygen atoms in total. The van der Waals surface area contributed by atoms with E-state index in [1.165, 1.54) is 18.0 Å². The van der Waals surface area contributed by atoms with Gasteiger partial charge < -0.3 is 9.40 Å². The van der Waals surface area contributed by atoms with E-state index in [-0.39, 0.29) is 5.56 Å². The van der Waals surface area contributed by atoms with Crippen LogP contribution in [0.25, 0.3) is 33.5 Å². The third-order valence-corrected chi connectivity index (χ3v) is 5.31. The minimum atomic E-state index is -0.197. The number of nitrogens with one attached hydrogen (secondary N) is 1. The molecule has 9 heteroatoms. The van der Waals surface area contributed by atoms with Crippen molar-refractivity contribution in [3.05, 3.63) is 65.0 Å². The topological polar surface area (TPSA) is 102 Å². The van der Waals surface area contributed by atoms with E-state index >= 15 is 0 Å². The molecule has 0 aliphatic heterocycles. The van der Waals surface area contributed by atoms with Gasteiger partial charge >= 0.3 is 0 Å². The number of para-hydroxylation sites is 1. The Balaban J connectivity index is 1.54. The van der Waals surface area contributed by atoms with Crippen LogP contribution in [0.1, 0.15) is 5.82 Å². The van der Waals surface area contributed by atoms with Crippen molar-refractivity contribution in [3.63, 3.8) is 0 Å². The summed E-state index contributed by atoms with van der Waals surface area (Å²) >= 11 is 1.49. The lowest BCUT2D eigenvalue weighted by molar-refractivity contribution is 0.577. The lowest BCUT2D eigenvalue weighted by Gasteiger charge is -2.07. The zero-order valence-electron chi connectivity index (χ0n) is 14.8. The summed E-state index contributed by atoms with van der Waals surface area (Å²) in [7, 11) is 1.76. The number of aromatic nitrogens is 6. The van der Waals surface area contributed by atoms with Crippen LogP contribution in [0.4, 0.5) is 0 Å². The van der Waals surface area contributed by atoms with Crippen molar-refractivity contribution in [2.24, 2.45) is 7.05 Å². The molecule has 4 aromatic heterocycles. The predicted molar refractivity (Wildman–Crippen MR) is 106 cm³/mol. The van der Waals surface area contributed by atoms with Crippen LogP contribution >= 0.6 is 11.8 Å². The van der Waals surface area contributed by atoms with Crippen molar-refractivity contribution in [3.8, 4) is 11.6 Å². The molecule has 5 aromatic rings. The third-order valence-electron chi connectivity index (χ3n) is 4.31. The summed E-state index contributed by atoms with van der Waals surface area (Å²) in [5.74, 6) is 2.15. The maximum absolute atomic E-state index is 12.2. The molecular weight excluding hydrogens is 376 g/mol. The first kappa shape index (κ1) is 16.7. The second-order valence-electron chi connectivity index (χ2n) is 6.15. The molecule has 0 unspecified atom stereocenters. The van der Waals surface area contributed by atoms with Crippen LogP contribution in [-0.4, -0.2) is 29.7 Å². The second-order valence-corrected chi connectivity index (χ2v) is 7.12. The number of furan rings is 1. The SMILES string of the molecule is Cn1ncc2c(=O)[nH]c(CSc3nc(-c4ccco4)nc4ccccc34)nc21. The molecule has 4 heterocycles. The Morgan fingerprint density at radius 2 is 2.00 bits per heavy atom. The molecule has 0 fully saturated rings. The van der Waals surface area contributed by atoms with Crippen molar-refractivity contribution in [2.45, 2.75) is 10.8 Å². The molecule has 0 bridgehead atoms. The molecule has 0 aliphatic carbocycles. The van der Waals surface area contributed by atoms with Crippen LogP contribution < -0.4 is 5.56 Å². The van der Waals surface area contributed by atoms with E-state index in [9.17, 15) is 4.79 Å². The predicted octanol–water partition coefficient (Wildman–Crippen LogP) is 3.15. The summed E-state index contributed by atoms with van der Waals surface area (Å²) in [6, 6.07) is 11.4. The highest BCUT2D eigenvalue weighted by Gasteiger charge is 2.13. The van der Waals surface area contributed by atoms with Gasteiger partial charge in [0.25, 0.3) is 5.56 Å². The average molecular weight is 390 g/mol. The highest BCUT2D eigenvalue weighted by atomic mass is 32.2. The standard InChI is InChI=1S/C19H14N6O2S/c1-25-17-12(9-20-25)18(26)23-15(22-17)10-28-19-11-5-2-3-6-13(11)21-16(24-19)14-7-4-8-27-14/h2-9H,10H2,1H3,(H,22,23,26). The molecule has 0 spiro atoms. The van der Waals surface area contributed by atoms with Gasteiger partial charge in [-0.05, 0) is 18.2 Å². The molecule has 1 N–H and O–H groups in total. The quantitative estimate of drug-likeness (QED) is 0.371. The van der Waals surface area contributed by atoms with Crippen molar-refractivity contribution in [2.75, 3.05) is 0 Å². The van der Waals surface area contributed by atoms with E-state index in [0.717, 1.165) is 15.9 Å². The van der Waals surface area contributed by atoms with E-state index in [0.29, 0.717) is 34.2 Å². The van der Waals surface area contributed by atoms with Gasteiger partial charge in [0.1, 0.15) is 16.2 Å². The molecule has 0 amide bonds. The fraction of sp³-hybridized carbons (Fsp3) is 0.105. The first-order valence-electron chi connectivity index (χ1n) is 8.53. The Hall–Kier alpha value is -3.46. The Kier molecular flexibility index (Phi) is 3.94. The molecule has 0 atom stereocenters. The number of hydrogen-bond acceptors (Lipinski definition) is 7. The zero-order valence-corrected chi connectivity index (χ0v) is 15.6. The van der Waals surface area contributed by atoms with Gasteiger partial charge in [0, 0.05) is 12.4 Å². The number of rotatable bonds is 4. The van der Waals surface area contributed by atoms with E-state index < -0.39 is 0 Å². The number of aryl methyl sites for hydroxylation is 1. The van der Waals surface area contributed by atoms with Crippen LogP contribution in [0, 0.1) is 0 Å². The Bertz CT molecular complexity index is 1360. The molecule has 138 valence electrons. The van der Waals surface area contributed by atoms with Gasteiger partial charge in [-0.2, -0.15) is 5.10 Å². The van der Waals surface area contributed by atoms with Crippen LogP contribution in [0.2, 0.25) is 0 Å². The van der Waals surface area contributed by atoms with Crippen LogP contribution in [0.5, 0.6) is 0 Å². The van der Waals surface area contributed by atoms with E-state index in [4.69, 9.17) is 4.42 Å². The minimum Gasteiger partial charge on any atom is -0.461 e. The normalized spacial score (nSPS) is 11.5. The van der Waals surface area contributed by atoms with Gasteiger partial charge in [0.15, 0.2) is 17.2 Å². The molecule has 0 saturated carbocycles. The lowest BCUT2D eigenvalue weighted by atomic mass is 10.2. The summed E-state index contributed by atoms with van der Waals surface area (Å²) in [6.45, 7) is 0. The van der Waals surface area contributed by atoms with Gasteiger partial charge in [-0.15, -0.1) is 0 Å². The average Bonchev–Trinajstić information content (AvgIpc) is 3.37. The van der Waals surface area contributed by atoms with Crippen LogP contribution in [0.3, 0.4) is 0 Å². The third kappa shape index (κ3) is 2.85. The number of aromatic amines is 1. The van der Waals surface area contributed by atoms with Gasteiger partial charge in [-0.3, -0.25) is 9.48 Å². The number of nitrogens with zero attached hydrogens (tertiary/aromatic N) is 5. The van der Waals surface area contributed by atoms with E-state index in [1.54, 1.807) is 24.1 Å². The number of H-pyrrole nitrogens is 1. The first-order valence-corrected chi connectivity index (χ1v) is 9.52. The molecule has 1 aromatic carbocycles. The highest BCUT2D eigenvalue weighted by molar-refractivity contribution is 7.98. The van der Waals surface area contributed by atoms with Crippen LogP contribution in [0.15, 0.2) is 63.1 Å². The lowest BCUT2D eigenvalue weighted by Crippen LogP contribution is -2.11. The molecule has 5 rings (SSSR count). The summed E-state index contributed by atoms with van der Waals surface area (Å²) < 4.78 is 7.04. The van der Waals surface area contributed by atoms with Gasteiger partial charge in [-0.1, -0.05) is 30.0 Å².